The quantitative estimate of drug-likeness (QED) is 0.752. The fourth-order valence-corrected chi connectivity index (χ4v) is 3.05. The number of nitrogens with one attached hydrogen (secondary N) is 3. The van der Waals surface area contributed by atoms with Gasteiger partial charge in [0.1, 0.15) is 18.8 Å². The van der Waals surface area contributed by atoms with Gasteiger partial charge >= 0.3 is 0 Å². The van der Waals surface area contributed by atoms with Crippen molar-refractivity contribution >= 4 is 5.91 Å². The van der Waals surface area contributed by atoms with Crippen LogP contribution in [0.4, 0.5) is 0 Å². The standard InChI is InChI=1S/C16H23N3O3/c1-17-15(20)16(4-6-18-7-5-16)19-11-12-2-3-13-14(10-12)22-9-8-21-13/h2-3,10,18-19H,4-9,11H2,1H3,(H,17,20). The Hall–Kier alpha value is -1.79. The van der Waals surface area contributed by atoms with Crippen LogP contribution in [0.3, 0.4) is 0 Å². The number of hydrogen-bond acceptors (Lipinski definition) is 5. The van der Waals surface area contributed by atoms with Gasteiger partial charge in [0.15, 0.2) is 11.5 Å². The third-order valence-electron chi connectivity index (χ3n) is 4.36. The van der Waals surface area contributed by atoms with E-state index >= 15 is 0 Å². The number of fused-ring (bicyclic) bond motifs is 1. The highest BCUT2D eigenvalue weighted by atomic mass is 16.6. The number of ether oxygens (including phenoxy) is 2. The Morgan fingerprint density at radius 2 is 1.95 bits per heavy atom. The molecule has 1 aromatic carbocycles. The molecule has 1 fully saturated rings. The molecule has 6 nitrogen and oxygen atoms in total. The number of likely N-dealkylation sites (N-methyl/N-ethyl adjacent to an activating group) is 1. The van der Waals surface area contributed by atoms with Crippen LogP contribution in [0.5, 0.6) is 11.5 Å². The van der Waals surface area contributed by atoms with E-state index in [1.807, 2.05) is 18.2 Å². The van der Waals surface area contributed by atoms with Crippen molar-refractivity contribution in [2.75, 3.05) is 33.4 Å². The third kappa shape index (κ3) is 3.03. The van der Waals surface area contributed by atoms with E-state index in [4.69, 9.17) is 9.47 Å². The molecule has 1 aromatic rings. The average molecular weight is 305 g/mol. The molecule has 1 amide bonds. The van der Waals surface area contributed by atoms with Crippen molar-refractivity contribution in [1.82, 2.24) is 16.0 Å². The number of rotatable bonds is 4. The zero-order valence-corrected chi connectivity index (χ0v) is 12.9. The smallest absolute Gasteiger partial charge is 0.240 e. The van der Waals surface area contributed by atoms with E-state index in [1.165, 1.54) is 0 Å². The Morgan fingerprint density at radius 1 is 1.23 bits per heavy atom. The number of hydrogen-bond donors (Lipinski definition) is 3. The van der Waals surface area contributed by atoms with Gasteiger partial charge in [-0.2, -0.15) is 0 Å². The monoisotopic (exact) mass is 305 g/mol. The minimum absolute atomic E-state index is 0.0616. The Labute approximate surface area is 130 Å². The Balaban J connectivity index is 1.70. The lowest BCUT2D eigenvalue weighted by Gasteiger charge is -2.37. The molecule has 120 valence electrons. The molecule has 3 N–H and O–H groups in total. The van der Waals surface area contributed by atoms with Gasteiger partial charge in [-0.15, -0.1) is 0 Å². The number of benzene rings is 1. The van der Waals surface area contributed by atoms with E-state index in [0.717, 1.165) is 43.0 Å². The van der Waals surface area contributed by atoms with Crippen molar-refractivity contribution in [3.63, 3.8) is 0 Å². The molecule has 22 heavy (non-hydrogen) atoms. The highest BCUT2D eigenvalue weighted by molar-refractivity contribution is 5.86. The predicted molar refractivity (Wildman–Crippen MR) is 83.2 cm³/mol. The number of piperidine rings is 1. The Kier molecular flexibility index (Phi) is 4.49. The molecule has 1 saturated heterocycles. The largest absolute Gasteiger partial charge is 0.486 e. The first-order valence-electron chi connectivity index (χ1n) is 7.80. The fourth-order valence-electron chi connectivity index (χ4n) is 3.05. The van der Waals surface area contributed by atoms with Crippen molar-refractivity contribution in [3.05, 3.63) is 23.8 Å². The molecule has 3 rings (SSSR count). The van der Waals surface area contributed by atoms with Gasteiger partial charge < -0.3 is 20.1 Å². The highest BCUT2D eigenvalue weighted by Gasteiger charge is 2.38. The molecule has 0 unspecified atom stereocenters. The summed E-state index contributed by atoms with van der Waals surface area (Å²) in [5, 5.41) is 9.55. The normalized spacial score (nSPS) is 19.5. The van der Waals surface area contributed by atoms with Crippen molar-refractivity contribution in [2.45, 2.75) is 24.9 Å². The number of amides is 1. The van der Waals surface area contributed by atoms with Gasteiger partial charge in [0, 0.05) is 13.6 Å². The fraction of sp³-hybridized carbons (Fsp3) is 0.562. The zero-order chi connectivity index (χ0) is 15.4. The van der Waals surface area contributed by atoms with Crippen LogP contribution >= 0.6 is 0 Å². The molecule has 2 aliphatic heterocycles. The van der Waals surface area contributed by atoms with Gasteiger partial charge in [-0.05, 0) is 43.6 Å². The topological polar surface area (TPSA) is 71.6 Å². The number of carbonyl (C=O) groups is 1. The zero-order valence-electron chi connectivity index (χ0n) is 12.9. The molecule has 0 aromatic heterocycles. The van der Waals surface area contributed by atoms with Crippen LogP contribution in [0.1, 0.15) is 18.4 Å². The highest BCUT2D eigenvalue weighted by Crippen LogP contribution is 2.31. The minimum Gasteiger partial charge on any atom is -0.486 e. The molecule has 0 aliphatic carbocycles. The lowest BCUT2D eigenvalue weighted by molar-refractivity contribution is -0.128. The van der Waals surface area contributed by atoms with E-state index in [2.05, 4.69) is 16.0 Å². The molecular weight excluding hydrogens is 282 g/mol. The van der Waals surface area contributed by atoms with E-state index < -0.39 is 5.54 Å². The maximum atomic E-state index is 12.3. The minimum atomic E-state index is -0.493. The van der Waals surface area contributed by atoms with E-state index in [0.29, 0.717) is 19.8 Å². The van der Waals surface area contributed by atoms with Crippen LogP contribution in [0.2, 0.25) is 0 Å². The summed E-state index contributed by atoms with van der Waals surface area (Å²) >= 11 is 0. The maximum absolute atomic E-state index is 12.3. The van der Waals surface area contributed by atoms with Gasteiger partial charge in [-0.3, -0.25) is 10.1 Å². The molecule has 0 bridgehead atoms. The summed E-state index contributed by atoms with van der Waals surface area (Å²) in [7, 11) is 1.69. The van der Waals surface area contributed by atoms with Crippen molar-refractivity contribution in [2.24, 2.45) is 0 Å². The summed E-state index contributed by atoms with van der Waals surface area (Å²) in [6, 6.07) is 5.93. The van der Waals surface area contributed by atoms with Gasteiger partial charge in [0.05, 0.1) is 0 Å². The first-order valence-corrected chi connectivity index (χ1v) is 7.80. The van der Waals surface area contributed by atoms with Gasteiger partial charge in [0.2, 0.25) is 5.91 Å². The van der Waals surface area contributed by atoms with E-state index in [9.17, 15) is 4.79 Å². The van der Waals surface area contributed by atoms with Gasteiger partial charge in [-0.25, -0.2) is 0 Å². The van der Waals surface area contributed by atoms with Crippen molar-refractivity contribution in [3.8, 4) is 11.5 Å². The van der Waals surface area contributed by atoms with Crippen LogP contribution in [0.25, 0.3) is 0 Å². The van der Waals surface area contributed by atoms with E-state index in [-0.39, 0.29) is 5.91 Å². The Bertz CT molecular complexity index is 541. The van der Waals surface area contributed by atoms with Gasteiger partial charge in [-0.1, -0.05) is 6.07 Å². The summed E-state index contributed by atoms with van der Waals surface area (Å²) in [6.07, 6.45) is 1.58. The van der Waals surface area contributed by atoms with Crippen LogP contribution in [0.15, 0.2) is 18.2 Å². The molecule has 0 saturated carbocycles. The second-order valence-corrected chi connectivity index (χ2v) is 5.74. The third-order valence-corrected chi connectivity index (χ3v) is 4.36. The summed E-state index contributed by atoms with van der Waals surface area (Å²) in [5.41, 5.74) is 0.596. The summed E-state index contributed by atoms with van der Waals surface area (Å²) < 4.78 is 11.1. The molecule has 2 aliphatic rings. The maximum Gasteiger partial charge on any atom is 0.240 e. The first kappa shape index (κ1) is 15.1. The summed E-state index contributed by atoms with van der Waals surface area (Å²) in [5.74, 6) is 1.63. The molecule has 2 heterocycles. The average Bonchev–Trinajstić information content (AvgIpc) is 2.60. The van der Waals surface area contributed by atoms with Crippen LogP contribution < -0.4 is 25.4 Å². The summed E-state index contributed by atoms with van der Waals surface area (Å²) in [4.78, 5) is 12.3. The summed E-state index contributed by atoms with van der Waals surface area (Å²) in [6.45, 7) is 3.50. The number of carbonyl (C=O) groups excluding carboxylic acids is 1. The van der Waals surface area contributed by atoms with Crippen LogP contribution in [-0.2, 0) is 11.3 Å². The molecule has 6 heteroatoms. The van der Waals surface area contributed by atoms with Crippen molar-refractivity contribution < 1.29 is 14.3 Å². The first-order chi connectivity index (χ1) is 10.7. The van der Waals surface area contributed by atoms with Crippen molar-refractivity contribution in [1.29, 1.82) is 0 Å². The van der Waals surface area contributed by atoms with Gasteiger partial charge in [0.25, 0.3) is 0 Å². The molecule has 0 radical (unpaired) electrons. The van der Waals surface area contributed by atoms with E-state index in [1.54, 1.807) is 7.05 Å². The Morgan fingerprint density at radius 3 is 2.68 bits per heavy atom. The molecular formula is C16H23N3O3. The van der Waals surface area contributed by atoms with Crippen LogP contribution in [-0.4, -0.2) is 44.8 Å². The lowest BCUT2D eigenvalue weighted by Crippen LogP contribution is -2.60. The van der Waals surface area contributed by atoms with Crippen LogP contribution in [0, 0.1) is 0 Å². The lowest BCUT2D eigenvalue weighted by atomic mass is 9.87. The SMILES string of the molecule is CNC(=O)C1(NCc2ccc3c(c2)OCCO3)CCNCC1. The second-order valence-electron chi connectivity index (χ2n) is 5.74. The molecule has 0 atom stereocenters. The molecule has 0 spiro atoms. The predicted octanol–water partition coefficient (Wildman–Crippen LogP) is 0.416. The second kappa shape index (κ2) is 6.54.